The van der Waals surface area contributed by atoms with E-state index in [4.69, 9.17) is 9.84 Å². The second-order valence-corrected chi connectivity index (χ2v) is 5.70. The lowest BCUT2D eigenvalue weighted by Crippen LogP contribution is -2.45. The van der Waals surface area contributed by atoms with Crippen LogP contribution in [0.15, 0.2) is 0 Å². The van der Waals surface area contributed by atoms with Crippen LogP contribution < -0.4 is 5.32 Å². The van der Waals surface area contributed by atoms with Crippen LogP contribution in [-0.4, -0.2) is 60.3 Å². The first-order valence-corrected chi connectivity index (χ1v) is 7.25. The van der Waals surface area contributed by atoms with E-state index in [2.05, 4.69) is 5.32 Å². The number of carboxylic acid groups (broad SMARTS) is 1. The molecule has 20 heavy (non-hydrogen) atoms. The third kappa shape index (κ3) is 5.88. The average molecular weight is 286 g/mol. The summed E-state index contributed by atoms with van der Waals surface area (Å²) in [6.07, 6.45) is 2.17. The first-order chi connectivity index (χ1) is 9.40. The molecular weight excluding hydrogens is 260 g/mol. The van der Waals surface area contributed by atoms with E-state index >= 15 is 0 Å². The number of nitrogens with one attached hydrogen (secondary N) is 1. The first kappa shape index (κ1) is 16.9. The van der Waals surface area contributed by atoms with Gasteiger partial charge in [0.2, 0.25) is 5.91 Å². The zero-order chi connectivity index (χ0) is 15.1. The molecule has 0 aromatic heterocycles. The van der Waals surface area contributed by atoms with E-state index in [-0.39, 0.29) is 24.6 Å². The van der Waals surface area contributed by atoms with Gasteiger partial charge in [0.15, 0.2) is 0 Å². The summed E-state index contributed by atoms with van der Waals surface area (Å²) in [6.45, 7) is 7.49. The van der Waals surface area contributed by atoms with E-state index in [0.29, 0.717) is 13.1 Å². The van der Waals surface area contributed by atoms with Crippen LogP contribution in [0.4, 0.5) is 0 Å². The van der Waals surface area contributed by atoms with Crippen LogP contribution in [0.3, 0.4) is 0 Å². The molecule has 1 amide bonds. The average Bonchev–Trinajstić information content (AvgIpc) is 2.88. The van der Waals surface area contributed by atoms with Gasteiger partial charge in [0, 0.05) is 25.7 Å². The van der Waals surface area contributed by atoms with Crippen molar-refractivity contribution in [1.29, 1.82) is 0 Å². The van der Waals surface area contributed by atoms with Crippen LogP contribution in [-0.2, 0) is 14.3 Å². The summed E-state index contributed by atoms with van der Waals surface area (Å²) in [6, 6.07) is 0.130. The molecule has 1 fully saturated rings. The summed E-state index contributed by atoms with van der Waals surface area (Å²) < 4.78 is 5.45. The number of ether oxygens (including phenoxy) is 1. The molecule has 6 nitrogen and oxygen atoms in total. The normalized spacial score (nSPS) is 20.4. The van der Waals surface area contributed by atoms with Gasteiger partial charge >= 0.3 is 5.97 Å². The van der Waals surface area contributed by atoms with Crippen LogP contribution in [0.1, 0.15) is 33.6 Å². The molecule has 0 radical (unpaired) electrons. The fourth-order valence-corrected chi connectivity index (χ4v) is 2.16. The van der Waals surface area contributed by atoms with Crippen molar-refractivity contribution in [2.24, 2.45) is 5.92 Å². The van der Waals surface area contributed by atoms with Gasteiger partial charge in [-0.2, -0.15) is 0 Å². The van der Waals surface area contributed by atoms with E-state index in [1.807, 2.05) is 18.7 Å². The second kappa shape index (κ2) is 8.21. The van der Waals surface area contributed by atoms with Crippen LogP contribution in [0, 0.1) is 5.92 Å². The highest BCUT2D eigenvalue weighted by molar-refractivity contribution is 5.78. The second-order valence-electron chi connectivity index (χ2n) is 5.70. The Morgan fingerprint density at radius 2 is 2.10 bits per heavy atom. The molecule has 1 aliphatic rings. The number of carbonyl (C=O) groups excluding carboxylic acids is 1. The summed E-state index contributed by atoms with van der Waals surface area (Å²) >= 11 is 0. The molecule has 0 aromatic rings. The highest BCUT2D eigenvalue weighted by Gasteiger charge is 2.21. The Morgan fingerprint density at radius 1 is 1.40 bits per heavy atom. The SMILES string of the molecule is CC(CN(CC(=O)NCC1CCCO1)C(C)C)C(=O)O. The maximum absolute atomic E-state index is 11.9. The molecule has 6 heteroatoms. The molecule has 0 aromatic carbocycles. The Labute approximate surface area is 120 Å². The van der Waals surface area contributed by atoms with E-state index in [0.717, 1.165) is 19.4 Å². The smallest absolute Gasteiger partial charge is 0.307 e. The van der Waals surface area contributed by atoms with Gasteiger partial charge in [0.1, 0.15) is 0 Å². The number of nitrogens with zero attached hydrogens (tertiary/aromatic N) is 1. The van der Waals surface area contributed by atoms with E-state index < -0.39 is 11.9 Å². The molecule has 0 aliphatic carbocycles. The monoisotopic (exact) mass is 286 g/mol. The predicted molar refractivity (Wildman–Crippen MR) is 75.5 cm³/mol. The van der Waals surface area contributed by atoms with Crippen molar-refractivity contribution >= 4 is 11.9 Å². The van der Waals surface area contributed by atoms with Gasteiger partial charge in [-0.3, -0.25) is 14.5 Å². The Kier molecular flexibility index (Phi) is 6.95. The number of hydrogen-bond donors (Lipinski definition) is 2. The zero-order valence-corrected chi connectivity index (χ0v) is 12.6. The summed E-state index contributed by atoms with van der Waals surface area (Å²) in [5.41, 5.74) is 0. The highest BCUT2D eigenvalue weighted by Crippen LogP contribution is 2.10. The Hall–Kier alpha value is -1.14. The topological polar surface area (TPSA) is 78.9 Å². The lowest BCUT2D eigenvalue weighted by molar-refractivity contribution is -0.142. The van der Waals surface area contributed by atoms with Crippen LogP contribution in [0.5, 0.6) is 0 Å². The minimum Gasteiger partial charge on any atom is -0.481 e. The van der Waals surface area contributed by atoms with Crippen molar-refractivity contribution < 1.29 is 19.4 Å². The molecule has 1 aliphatic heterocycles. The van der Waals surface area contributed by atoms with Crippen molar-refractivity contribution in [3.63, 3.8) is 0 Å². The van der Waals surface area contributed by atoms with Crippen molar-refractivity contribution in [3.05, 3.63) is 0 Å². The number of carboxylic acids is 1. The van der Waals surface area contributed by atoms with Gasteiger partial charge in [0.05, 0.1) is 18.6 Å². The van der Waals surface area contributed by atoms with Crippen molar-refractivity contribution in [3.8, 4) is 0 Å². The van der Waals surface area contributed by atoms with Crippen LogP contribution >= 0.6 is 0 Å². The molecule has 1 heterocycles. The summed E-state index contributed by atoms with van der Waals surface area (Å²) in [4.78, 5) is 24.7. The van der Waals surface area contributed by atoms with Gasteiger partial charge in [0.25, 0.3) is 0 Å². The van der Waals surface area contributed by atoms with E-state index in [1.54, 1.807) is 6.92 Å². The number of amides is 1. The summed E-state index contributed by atoms with van der Waals surface area (Å²) in [5.74, 6) is -1.40. The van der Waals surface area contributed by atoms with Crippen molar-refractivity contribution in [2.45, 2.75) is 45.8 Å². The minimum absolute atomic E-state index is 0.0770. The van der Waals surface area contributed by atoms with Gasteiger partial charge in [-0.25, -0.2) is 0 Å². The number of carbonyl (C=O) groups is 2. The van der Waals surface area contributed by atoms with Crippen molar-refractivity contribution in [1.82, 2.24) is 10.2 Å². The Bertz CT molecular complexity index is 327. The molecule has 116 valence electrons. The fraction of sp³-hybridized carbons (Fsp3) is 0.857. The number of aliphatic carboxylic acids is 1. The Morgan fingerprint density at radius 3 is 2.60 bits per heavy atom. The van der Waals surface area contributed by atoms with Gasteiger partial charge in [-0.1, -0.05) is 6.92 Å². The maximum atomic E-state index is 11.9. The van der Waals surface area contributed by atoms with Crippen molar-refractivity contribution in [2.75, 3.05) is 26.2 Å². The van der Waals surface area contributed by atoms with E-state index in [1.165, 1.54) is 0 Å². The molecule has 1 saturated heterocycles. The van der Waals surface area contributed by atoms with Crippen LogP contribution in [0.2, 0.25) is 0 Å². The molecule has 0 bridgehead atoms. The number of hydrogen-bond acceptors (Lipinski definition) is 4. The van der Waals surface area contributed by atoms with Crippen LogP contribution in [0.25, 0.3) is 0 Å². The third-order valence-corrected chi connectivity index (χ3v) is 3.56. The number of rotatable bonds is 8. The standard InChI is InChI=1S/C14H26N2O4/c1-10(2)16(8-11(3)14(18)19)9-13(17)15-7-12-5-4-6-20-12/h10-12H,4-9H2,1-3H3,(H,15,17)(H,18,19). The first-order valence-electron chi connectivity index (χ1n) is 7.25. The molecule has 1 rings (SSSR count). The maximum Gasteiger partial charge on any atom is 0.307 e. The molecule has 2 atom stereocenters. The summed E-state index contributed by atoms with van der Waals surface area (Å²) in [5, 5.41) is 11.8. The van der Waals surface area contributed by atoms with E-state index in [9.17, 15) is 9.59 Å². The van der Waals surface area contributed by atoms with Gasteiger partial charge in [-0.05, 0) is 26.7 Å². The highest BCUT2D eigenvalue weighted by atomic mass is 16.5. The Balaban J connectivity index is 2.35. The van der Waals surface area contributed by atoms with Gasteiger partial charge in [-0.15, -0.1) is 0 Å². The lowest BCUT2D eigenvalue weighted by Gasteiger charge is -2.27. The summed E-state index contributed by atoms with van der Waals surface area (Å²) in [7, 11) is 0. The minimum atomic E-state index is -0.838. The lowest BCUT2D eigenvalue weighted by atomic mass is 10.1. The predicted octanol–water partition coefficient (Wildman–Crippen LogP) is 0.713. The largest absolute Gasteiger partial charge is 0.481 e. The fourth-order valence-electron chi connectivity index (χ4n) is 2.16. The quantitative estimate of drug-likeness (QED) is 0.687. The molecule has 0 saturated carbocycles. The molecule has 2 N–H and O–H groups in total. The molecular formula is C14H26N2O4. The third-order valence-electron chi connectivity index (χ3n) is 3.56. The van der Waals surface area contributed by atoms with Gasteiger partial charge < -0.3 is 15.2 Å². The molecule has 2 unspecified atom stereocenters. The zero-order valence-electron chi connectivity index (χ0n) is 12.6. The molecule has 0 spiro atoms.